The van der Waals surface area contributed by atoms with Gasteiger partial charge < -0.3 is 9.94 Å². The van der Waals surface area contributed by atoms with E-state index in [4.69, 9.17) is 16.3 Å². The van der Waals surface area contributed by atoms with Crippen LogP contribution >= 0.6 is 11.6 Å². The van der Waals surface area contributed by atoms with Gasteiger partial charge in [-0.3, -0.25) is 4.79 Å². The smallest absolute Gasteiger partial charge is 0.216 e. The van der Waals surface area contributed by atoms with Gasteiger partial charge in [0.15, 0.2) is 21.3 Å². The molecule has 0 atom stereocenters. The van der Waals surface area contributed by atoms with E-state index >= 15 is 0 Å². The molecule has 1 aromatic heterocycles. The zero-order chi connectivity index (χ0) is 18.9. The van der Waals surface area contributed by atoms with Gasteiger partial charge in [-0.25, -0.2) is 13.4 Å². The van der Waals surface area contributed by atoms with Gasteiger partial charge in [-0.05, 0) is 32.9 Å². The molecule has 0 aliphatic heterocycles. The molecule has 0 bridgehead atoms. The minimum atomic E-state index is -3.58. The van der Waals surface area contributed by atoms with Crippen molar-refractivity contribution >= 4 is 27.2 Å². The maximum absolute atomic E-state index is 12.8. The van der Waals surface area contributed by atoms with Gasteiger partial charge in [0.2, 0.25) is 5.78 Å². The molecule has 0 spiro atoms. The van der Waals surface area contributed by atoms with Gasteiger partial charge in [0.25, 0.3) is 0 Å². The number of halogens is 1. The van der Waals surface area contributed by atoms with E-state index in [1.165, 1.54) is 19.1 Å². The molecule has 7 nitrogen and oxygen atoms in total. The lowest BCUT2D eigenvalue weighted by Crippen LogP contribution is -2.13. The van der Waals surface area contributed by atoms with Crippen LogP contribution in [0.3, 0.4) is 0 Å². The number of sulfone groups is 1. The van der Waals surface area contributed by atoms with Crippen LogP contribution in [0, 0.1) is 13.8 Å². The zero-order valence-electron chi connectivity index (χ0n) is 14.3. The van der Waals surface area contributed by atoms with Crippen LogP contribution in [0.5, 0.6) is 5.75 Å². The number of ether oxygens (including phenoxy) is 1. The van der Waals surface area contributed by atoms with Crippen LogP contribution in [0.4, 0.5) is 0 Å². The highest BCUT2D eigenvalue weighted by Crippen LogP contribution is 2.37. The molecule has 0 aliphatic carbocycles. The van der Waals surface area contributed by atoms with Crippen LogP contribution < -0.4 is 4.74 Å². The van der Waals surface area contributed by atoms with Crippen molar-refractivity contribution in [3.05, 3.63) is 39.9 Å². The van der Waals surface area contributed by atoms with E-state index < -0.39 is 15.6 Å². The van der Waals surface area contributed by atoms with Crippen molar-refractivity contribution in [1.82, 2.24) is 9.71 Å². The molecule has 0 saturated carbocycles. The van der Waals surface area contributed by atoms with Crippen molar-refractivity contribution in [2.24, 2.45) is 0 Å². The van der Waals surface area contributed by atoms with Gasteiger partial charge in [-0.2, -0.15) is 4.73 Å². The fourth-order valence-corrected chi connectivity index (χ4v) is 3.83. The van der Waals surface area contributed by atoms with Crippen molar-refractivity contribution in [2.75, 3.05) is 12.4 Å². The lowest BCUT2D eigenvalue weighted by Gasteiger charge is -2.14. The van der Waals surface area contributed by atoms with Crippen LogP contribution in [0.2, 0.25) is 5.02 Å². The molecule has 0 fully saturated rings. The Morgan fingerprint density at radius 2 is 1.96 bits per heavy atom. The number of rotatable bonds is 6. The number of nitrogens with zero attached hydrogens (tertiary/aromatic N) is 2. The summed E-state index contributed by atoms with van der Waals surface area (Å²) >= 11 is 6.29. The van der Waals surface area contributed by atoms with E-state index in [-0.39, 0.29) is 45.1 Å². The van der Waals surface area contributed by atoms with Gasteiger partial charge >= 0.3 is 0 Å². The molecule has 1 aromatic carbocycles. The van der Waals surface area contributed by atoms with E-state index in [0.29, 0.717) is 10.4 Å². The Hall–Kier alpha value is -2.06. The van der Waals surface area contributed by atoms with Gasteiger partial charge in [-0.15, -0.1) is 0 Å². The van der Waals surface area contributed by atoms with Gasteiger partial charge in [-0.1, -0.05) is 18.5 Å². The van der Waals surface area contributed by atoms with Crippen molar-refractivity contribution in [3.63, 3.8) is 0 Å². The number of hydrogen-bond donors (Lipinski definition) is 1. The first-order chi connectivity index (χ1) is 11.7. The number of carbonyl (C=O) groups excluding carboxylic acids is 1. The second kappa shape index (κ2) is 7.05. The predicted molar refractivity (Wildman–Crippen MR) is 92.7 cm³/mol. The third-order valence-electron chi connectivity index (χ3n) is 3.72. The maximum Gasteiger partial charge on any atom is 0.216 e. The van der Waals surface area contributed by atoms with Crippen LogP contribution in [-0.2, 0) is 9.84 Å². The summed E-state index contributed by atoms with van der Waals surface area (Å²) in [5, 5.41) is 9.89. The molecule has 0 aliphatic rings. The van der Waals surface area contributed by atoms with E-state index in [1.54, 1.807) is 20.8 Å². The Morgan fingerprint density at radius 1 is 1.32 bits per heavy atom. The molecule has 9 heteroatoms. The van der Waals surface area contributed by atoms with E-state index in [2.05, 4.69) is 4.98 Å². The Labute approximate surface area is 151 Å². The fraction of sp³-hybridized carbons (Fsp3) is 0.375. The number of aryl methyl sites for hydroxylation is 2. The Bertz CT molecular complexity index is 934. The third-order valence-corrected chi connectivity index (χ3v) is 5.84. The molecular weight excluding hydrogens is 368 g/mol. The molecule has 0 amide bonds. The van der Waals surface area contributed by atoms with E-state index in [9.17, 15) is 18.4 Å². The standard InChI is InChI=1S/C16H19ClN2O5S/c1-5-24-16-12(25(22,23)6-2)8-7-11(13(16)17)15(20)14-9(3)18-10(4)19(14)21/h7-8,21H,5-6H2,1-4H3. The second-order valence-electron chi connectivity index (χ2n) is 5.32. The number of carbonyl (C=O) groups is 1. The normalized spacial score (nSPS) is 11.6. The average molecular weight is 387 g/mol. The minimum absolute atomic E-state index is 0.0264. The van der Waals surface area contributed by atoms with Crippen molar-refractivity contribution in [2.45, 2.75) is 32.6 Å². The summed E-state index contributed by atoms with van der Waals surface area (Å²) in [6.07, 6.45) is 0. The van der Waals surface area contributed by atoms with E-state index in [0.717, 1.165) is 0 Å². The number of benzene rings is 1. The average Bonchev–Trinajstić information content (AvgIpc) is 2.81. The summed E-state index contributed by atoms with van der Waals surface area (Å²) in [5.41, 5.74) is 0.329. The quantitative estimate of drug-likeness (QED) is 0.605. The SMILES string of the molecule is CCOc1c(S(=O)(=O)CC)ccc(C(=O)c2c(C)nc(C)n2O)c1Cl. The first-order valence-corrected chi connectivity index (χ1v) is 9.66. The van der Waals surface area contributed by atoms with Crippen molar-refractivity contribution in [1.29, 1.82) is 0 Å². The monoisotopic (exact) mass is 386 g/mol. The molecule has 1 N–H and O–H groups in total. The molecule has 2 rings (SSSR count). The number of ketones is 1. The zero-order valence-corrected chi connectivity index (χ0v) is 15.9. The molecule has 1 heterocycles. The molecule has 136 valence electrons. The Kier molecular flexibility index (Phi) is 5.43. The molecule has 0 saturated heterocycles. The van der Waals surface area contributed by atoms with Crippen LogP contribution in [0.25, 0.3) is 0 Å². The molecular formula is C16H19ClN2O5S. The van der Waals surface area contributed by atoms with Crippen LogP contribution in [0.15, 0.2) is 17.0 Å². The number of hydrogen-bond acceptors (Lipinski definition) is 6. The first kappa shape index (κ1) is 19.3. The lowest BCUT2D eigenvalue weighted by molar-refractivity contribution is 0.0979. The highest BCUT2D eigenvalue weighted by Gasteiger charge is 2.28. The molecule has 0 unspecified atom stereocenters. The van der Waals surface area contributed by atoms with Crippen LogP contribution in [0.1, 0.15) is 41.4 Å². The lowest BCUT2D eigenvalue weighted by atomic mass is 10.1. The molecule has 0 radical (unpaired) electrons. The van der Waals surface area contributed by atoms with Crippen LogP contribution in [-0.4, -0.2) is 41.5 Å². The van der Waals surface area contributed by atoms with Crippen molar-refractivity contribution in [3.8, 4) is 5.75 Å². The maximum atomic E-state index is 12.8. The Morgan fingerprint density at radius 3 is 2.44 bits per heavy atom. The molecule has 2 aromatic rings. The topological polar surface area (TPSA) is 98.5 Å². The summed E-state index contributed by atoms with van der Waals surface area (Å²) in [6.45, 7) is 6.51. The summed E-state index contributed by atoms with van der Waals surface area (Å²) in [7, 11) is -3.58. The van der Waals surface area contributed by atoms with Gasteiger partial charge in [0.1, 0.15) is 10.7 Å². The summed E-state index contributed by atoms with van der Waals surface area (Å²) in [5.74, 6) is -0.507. The van der Waals surface area contributed by atoms with E-state index in [1.807, 2.05) is 0 Å². The number of aromatic nitrogens is 2. The highest BCUT2D eigenvalue weighted by atomic mass is 35.5. The summed E-state index contributed by atoms with van der Waals surface area (Å²) in [4.78, 5) is 16.8. The minimum Gasteiger partial charge on any atom is -0.491 e. The summed E-state index contributed by atoms with van der Waals surface area (Å²) in [6, 6.07) is 2.61. The largest absolute Gasteiger partial charge is 0.491 e. The fourth-order valence-electron chi connectivity index (χ4n) is 2.44. The highest BCUT2D eigenvalue weighted by molar-refractivity contribution is 7.91. The Balaban J connectivity index is 2.68. The van der Waals surface area contributed by atoms with Crippen molar-refractivity contribution < 1.29 is 23.2 Å². The predicted octanol–water partition coefficient (Wildman–Crippen LogP) is 2.81. The van der Waals surface area contributed by atoms with Gasteiger partial charge in [0, 0.05) is 5.56 Å². The third kappa shape index (κ3) is 3.36. The first-order valence-electron chi connectivity index (χ1n) is 7.63. The molecule has 25 heavy (non-hydrogen) atoms. The second-order valence-corrected chi connectivity index (χ2v) is 7.95. The van der Waals surface area contributed by atoms with Gasteiger partial charge in [0.05, 0.1) is 23.1 Å². The summed E-state index contributed by atoms with van der Waals surface area (Å²) < 4.78 is 30.6. The number of imidazole rings is 1.